The normalized spacial score (nSPS) is 22.0. The fraction of sp³-hybridized carbons (Fsp3) is 0.517. The van der Waals surface area contributed by atoms with Crippen LogP contribution >= 0.6 is 0 Å². The number of piperidine rings is 1. The van der Waals surface area contributed by atoms with Crippen molar-refractivity contribution >= 4 is 22.4 Å². The molecular weight excluding hydrogens is 420 g/mol. The second-order valence-electron chi connectivity index (χ2n) is 11.1. The molecule has 0 atom stereocenters. The molecule has 0 bridgehead atoms. The fourth-order valence-corrected chi connectivity index (χ4v) is 6.23. The molecule has 3 aromatic rings. The van der Waals surface area contributed by atoms with Crippen LogP contribution in [0.3, 0.4) is 0 Å². The minimum absolute atomic E-state index is 0.540. The van der Waals surface area contributed by atoms with Crippen LogP contribution in [-0.2, 0) is 0 Å². The van der Waals surface area contributed by atoms with Crippen molar-refractivity contribution in [2.45, 2.75) is 56.8 Å². The van der Waals surface area contributed by atoms with Crippen LogP contribution in [0.2, 0.25) is 0 Å². The molecule has 2 aliphatic carbocycles. The molecule has 1 aromatic heterocycles. The largest absolute Gasteiger partial charge is 0.496 e. The standard InChI is InChI=1S/C29H34N4O/c1-34-26-5-3-2-4-23(26)20-10-15-32(16-11-20)28-24-18-22(33-17-14-29(19-33)12-13-29)8-9-25(24)30-27(31-28)21-6-7-21/h2-5,8-9,18,20-21H,6-7,10-17,19H2,1H3. The molecule has 0 amide bonds. The molecule has 0 radical (unpaired) electrons. The zero-order valence-corrected chi connectivity index (χ0v) is 20.2. The topological polar surface area (TPSA) is 41.5 Å². The van der Waals surface area contributed by atoms with Gasteiger partial charge in [0.1, 0.15) is 17.4 Å². The first kappa shape index (κ1) is 20.5. The molecule has 2 aromatic carbocycles. The molecule has 34 heavy (non-hydrogen) atoms. The lowest BCUT2D eigenvalue weighted by Gasteiger charge is -2.34. The second kappa shape index (κ2) is 7.86. The van der Waals surface area contributed by atoms with E-state index in [4.69, 9.17) is 14.7 Å². The first-order valence-electron chi connectivity index (χ1n) is 13.2. The Kier molecular flexibility index (Phi) is 4.75. The van der Waals surface area contributed by atoms with Crippen LogP contribution in [-0.4, -0.2) is 43.3 Å². The van der Waals surface area contributed by atoms with E-state index in [0.29, 0.717) is 17.3 Å². The summed E-state index contributed by atoms with van der Waals surface area (Å²) in [5.41, 5.74) is 4.44. The van der Waals surface area contributed by atoms with E-state index >= 15 is 0 Å². The van der Waals surface area contributed by atoms with E-state index in [-0.39, 0.29) is 0 Å². The molecule has 0 N–H and O–H groups in total. The van der Waals surface area contributed by atoms with E-state index in [0.717, 1.165) is 48.8 Å². The fourth-order valence-electron chi connectivity index (χ4n) is 6.23. The summed E-state index contributed by atoms with van der Waals surface area (Å²) in [6.07, 6.45) is 8.89. The van der Waals surface area contributed by atoms with E-state index in [1.165, 1.54) is 61.8 Å². The Morgan fingerprint density at radius 3 is 2.41 bits per heavy atom. The summed E-state index contributed by atoms with van der Waals surface area (Å²) in [6.45, 7) is 4.46. The van der Waals surface area contributed by atoms with Crippen LogP contribution in [0.25, 0.3) is 10.9 Å². The molecule has 2 saturated carbocycles. The van der Waals surface area contributed by atoms with Crippen molar-refractivity contribution < 1.29 is 4.74 Å². The lowest BCUT2D eigenvalue weighted by atomic mass is 9.88. The summed E-state index contributed by atoms with van der Waals surface area (Å²) in [5, 5.41) is 1.23. The number of methoxy groups -OCH3 is 1. The molecular formula is C29H34N4O. The SMILES string of the molecule is COc1ccccc1C1CCN(c2nc(C3CC3)nc3ccc(N4CCC5(CC5)C4)cc23)CC1. The molecule has 3 heterocycles. The molecule has 2 saturated heterocycles. The van der Waals surface area contributed by atoms with E-state index in [1.54, 1.807) is 7.11 Å². The van der Waals surface area contributed by atoms with Crippen LogP contribution in [0.4, 0.5) is 11.5 Å². The average molecular weight is 455 g/mol. The quantitative estimate of drug-likeness (QED) is 0.481. The molecule has 5 nitrogen and oxygen atoms in total. The van der Waals surface area contributed by atoms with Crippen LogP contribution in [0.5, 0.6) is 5.75 Å². The van der Waals surface area contributed by atoms with Crippen molar-refractivity contribution in [2.75, 3.05) is 43.1 Å². The van der Waals surface area contributed by atoms with Gasteiger partial charge in [-0.2, -0.15) is 0 Å². The number of aromatic nitrogens is 2. The highest BCUT2D eigenvalue weighted by atomic mass is 16.5. The summed E-state index contributed by atoms with van der Waals surface area (Å²) < 4.78 is 5.66. The number of fused-ring (bicyclic) bond motifs is 1. The third-order valence-electron chi connectivity index (χ3n) is 8.75. The Hall–Kier alpha value is -2.82. The molecule has 4 fully saturated rings. The van der Waals surface area contributed by atoms with E-state index < -0.39 is 0 Å². The van der Waals surface area contributed by atoms with Gasteiger partial charge in [0.25, 0.3) is 0 Å². The molecule has 7 rings (SSSR count). The third kappa shape index (κ3) is 3.60. The summed E-state index contributed by atoms with van der Waals surface area (Å²) in [5.74, 6) is 4.33. The van der Waals surface area contributed by atoms with Crippen molar-refractivity contribution in [3.05, 3.63) is 53.9 Å². The minimum atomic E-state index is 0.540. The predicted octanol–water partition coefficient (Wildman–Crippen LogP) is 5.89. The van der Waals surface area contributed by atoms with Gasteiger partial charge >= 0.3 is 0 Å². The van der Waals surface area contributed by atoms with E-state index in [2.05, 4.69) is 52.3 Å². The Balaban J connectivity index is 1.20. The van der Waals surface area contributed by atoms with Crippen molar-refractivity contribution in [2.24, 2.45) is 5.41 Å². The van der Waals surface area contributed by atoms with Gasteiger partial charge in [-0.25, -0.2) is 9.97 Å². The second-order valence-corrected chi connectivity index (χ2v) is 11.1. The molecule has 1 spiro atoms. The minimum Gasteiger partial charge on any atom is -0.496 e. The Labute approximate surface area is 202 Å². The van der Waals surface area contributed by atoms with Crippen LogP contribution in [0.15, 0.2) is 42.5 Å². The van der Waals surface area contributed by atoms with Gasteiger partial charge in [-0.1, -0.05) is 18.2 Å². The van der Waals surface area contributed by atoms with Gasteiger partial charge in [-0.05, 0) is 86.1 Å². The Morgan fingerprint density at radius 1 is 0.853 bits per heavy atom. The zero-order valence-electron chi connectivity index (χ0n) is 20.2. The van der Waals surface area contributed by atoms with Crippen molar-refractivity contribution in [1.29, 1.82) is 0 Å². The summed E-state index contributed by atoms with van der Waals surface area (Å²) in [7, 11) is 1.78. The van der Waals surface area contributed by atoms with Crippen molar-refractivity contribution in [1.82, 2.24) is 9.97 Å². The smallest absolute Gasteiger partial charge is 0.140 e. The number of rotatable bonds is 5. The van der Waals surface area contributed by atoms with Gasteiger partial charge in [-0.3, -0.25) is 0 Å². The van der Waals surface area contributed by atoms with Gasteiger partial charge < -0.3 is 14.5 Å². The highest BCUT2D eigenvalue weighted by molar-refractivity contribution is 5.92. The highest BCUT2D eigenvalue weighted by Crippen LogP contribution is 2.53. The number of nitrogens with zero attached hydrogens (tertiary/aromatic N) is 4. The van der Waals surface area contributed by atoms with Gasteiger partial charge in [0.2, 0.25) is 0 Å². The summed E-state index contributed by atoms with van der Waals surface area (Å²) in [4.78, 5) is 15.3. The number of hydrogen-bond acceptors (Lipinski definition) is 5. The van der Waals surface area contributed by atoms with Crippen LogP contribution < -0.4 is 14.5 Å². The predicted molar refractivity (Wildman–Crippen MR) is 137 cm³/mol. The summed E-state index contributed by atoms with van der Waals surface area (Å²) in [6, 6.07) is 15.5. The number of ether oxygens (including phenoxy) is 1. The number of para-hydroxylation sites is 1. The lowest BCUT2D eigenvalue weighted by Crippen LogP contribution is -2.34. The maximum absolute atomic E-state index is 5.66. The monoisotopic (exact) mass is 454 g/mol. The van der Waals surface area contributed by atoms with Crippen molar-refractivity contribution in [3.8, 4) is 5.75 Å². The number of hydrogen-bond donors (Lipinski definition) is 0. The van der Waals surface area contributed by atoms with Crippen molar-refractivity contribution in [3.63, 3.8) is 0 Å². The lowest BCUT2D eigenvalue weighted by molar-refractivity contribution is 0.397. The molecule has 176 valence electrons. The zero-order chi connectivity index (χ0) is 22.7. The maximum Gasteiger partial charge on any atom is 0.140 e. The maximum atomic E-state index is 5.66. The van der Waals surface area contributed by atoms with Crippen LogP contribution in [0.1, 0.15) is 68.2 Å². The first-order valence-corrected chi connectivity index (χ1v) is 13.2. The van der Waals surface area contributed by atoms with Crippen LogP contribution in [0, 0.1) is 5.41 Å². The Bertz CT molecular complexity index is 1220. The number of anilines is 2. The van der Waals surface area contributed by atoms with Gasteiger partial charge in [0.15, 0.2) is 0 Å². The summed E-state index contributed by atoms with van der Waals surface area (Å²) >= 11 is 0. The van der Waals surface area contributed by atoms with Gasteiger partial charge in [0.05, 0.1) is 12.6 Å². The molecule has 4 aliphatic rings. The number of benzene rings is 2. The average Bonchev–Trinajstić information content (AvgIpc) is 3.81. The molecule has 5 heteroatoms. The molecule has 2 aliphatic heterocycles. The molecule has 0 unspecified atom stereocenters. The van der Waals surface area contributed by atoms with E-state index in [9.17, 15) is 0 Å². The first-order chi connectivity index (χ1) is 16.7. The van der Waals surface area contributed by atoms with Gasteiger partial charge in [0, 0.05) is 43.2 Å². The van der Waals surface area contributed by atoms with Gasteiger partial charge in [-0.15, -0.1) is 0 Å². The third-order valence-corrected chi connectivity index (χ3v) is 8.75. The van der Waals surface area contributed by atoms with E-state index in [1.807, 2.05) is 0 Å². The Morgan fingerprint density at radius 2 is 1.68 bits per heavy atom. The highest BCUT2D eigenvalue weighted by Gasteiger charge is 2.47.